The van der Waals surface area contributed by atoms with Gasteiger partial charge in [0, 0.05) is 5.02 Å². The van der Waals surface area contributed by atoms with E-state index in [9.17, 15) is 0 Å². The Morgan fingerprint density at radius 3 is 1.97 bits per heavy atom. The van der Waals surface area contributed by atoms with E-state index in [1.165, 1.54) is 50.1 Å². The highest BCUT2D eigenvalue weighted by molar-refractivity contribution is 6.31. The second-order valence-corrected chi connectivity index (χ2v) is 8.65. The average Bonchev–Trinajstić information content (AvgIpc) is 2.70. The van der Waals surface area contributed by atoms with Gasteiger partial charge in [0.2, 0.25) is 0 Å². The molecule has 0 aromatic heterocycles. The van der Waals surface area contributed by atoms with Gasteiger partial charge >= 0.3 is 0 Å². The number of benzene rings is 3. The summed E-state index contributed by atoms with van der Waals surface area (Å²) >= 11 is 6.63. The summed E-state index contributed by atoms with van der Waals surface area (Å²) in [7, 11) is 0. The zero-order valence-corrected chi connectivity index (χ0v) is 19.6. The van der Waals surface area contributed by atoms with E-state index in [2.05, 4.69) is 96.3 Å². The van der Waals surface area contributed by atoms with E-state index in [0.29, 0.717) is 0 Å². The summed E-state index contributed by atoms with van der Waals surface area (Å²) in [5.74, 6) is 0. The average molecular weight is 415 g/mol. The summed E-state index contributed by atoms with van der Waals surface area (Å²) < 4.78 is 0. The molecule has 0 nitrogen and oxygen atoms in total. The summed E-state index contributed by atoms with van der Waals surface area (Å²) in [6.45, 7) is 19.3. The van der Waals surface area contributed by atoms with Crippen molar-refractivity contribution in [3.8, 4) is 11.1 Å². The van der Waals surface area contributed by atoms with Gasteiger partial charge in [-0.2, -0.15) is 0 Å². The van der Waals surface area contributed by atoms with Crippen molar-refractivity contribution in [2.75, 3.05) is 0 Å². The maximum atomic E-state index is 6.63. The van der Waals surface area contributed by atoms with Crippen LogP contribution in [0.4, 0.5) is 0 Å². The quantitative estimate of drug-likeness (QED) is 0.378. The molecule has 0 fully saturated rings. The van der Waals surface area contributed by atoms with Crippen molar-refractivity contribution in [1.29, 1.82) is 0 Å². The first-order chi connectivity index (χ1) is 14.2. The Bertz CT molecular complexity index is 1110. The van der Waals surface area contributed by atoms with Crippen molar-refractivity contribution < 1.29 is 0 Å². The maximum Gasteiger partial charge on any atom is 0.0446 e. The Morgan fingerprint density at radius 2 is 1.43 bits per heavy atom. The second kappa shape index (κ2) is 9.06. The van der Waals surface area contributed by atoms with Crippen LogP contribution >= 0.6 is 11.6 Å². The fourth-order valence-corrected chi connectivity index (χ4v) is 4.64. The van der Waals surface area contributed by atoms with Crippen molar-refractivity contribution in [2.45, 2.75) is 47.5 Å². The van der Waals surface area contributed by atoms with Crippen LogP contribution in [-0.4, -0.2) is 0 Å². The number of hydrogen-bond acceptors (Lipinski definition) is 0. The predicted octanol–water partition coefficient (Wildman–Crippen LogP) is 8.78. The molecule has 0 unspecified atom stereocenters. The SMILES string of the molecule is C=C(C)c1cccc(-c2cccc(C(=C)Cc3c(C)cc(CC)cc3Cl)c2C)c1C. The van der Waals surface area contributed by atoms with Gasteiger partial charge in [0.25, 0.3) is 0 Å². The molecule has 154 valence electrons. The van der Waals surface area contributed by atoms with Crippen LogP contribution in [0.3, 0.4) is 0 Å². The second-order valence-electron chi connectivity index (χ2n) is 8.24. The number of hydrogen-bond donors (Lipinski definition) is 0. The van der Waals surface area contributed by atoms with Gasteiger partial charge in [-0.05, 0) is 102 Å². The van der Waals surface area contributed by atoms with Gasteiger partial charge < -0.3 is 0 Å². The zero-order chi connectivity index (χ0) is 22.0. The Kier molecular flexibility index (Phi) is 6.68. The van der Waals surface area contributed by atoms with E-state index in [0.717, 1.165) is 29.0 Å². The number of rotatable bonds is 6. The van der Waals surface area contributed by atoms with Crippen LogP contribution in [-0.2, 0) is 12.8 Å². The molecule has 3 rings (SSSR count). The molecule has 30 heavy (non-hydrogen) atoms. The molecule has 0 N–H and O–H groups in total. The monoisotopic (exact) mass is 414 g/mol. The molecule has 0 aliphatic rings. The summed E-state index contributed by atoms with van der Waals surface area (Å²) in [6, 6.07) is 17.3. The van der Waals surface area contributed by atoms with Crippen LogP contribution in [0, 0.1) is 20.8 Å². The molecule has 1 heteroatoms. The van der Waals surface area contributed by atoms with Gasteiger partial charge in [-0.3, -0.25) is 0 Å². The summed E-state index contributed by atoms with van der Waals surface area (Å²) in [4.78, 5) is 0. The van der Waals surface area contributed by atoms with Crippen molar-refractivity contribution in [2.24, 2.45) is 0 Å². The van der Waals surface area contributed by atoms with Crippen LogP contribution in [0.1, 0.15) is 52.8 Å². The molecule has 0 bridgehead atoms. The van der Waals surface area contributed by atoms with E-state index >= 15 is 0 Å². The number of aryl methyl sites for hydroxylation is 2. The summed E-state index contributed by atoms with van der Waals surface area (Å²) in [5.41, 5.74) is 13.3. The summed E-state index contributed by atoms with van der Waals surface area (Å²) in [6.07, 6.45) is 1.75. The lowest BCUT2D eigenvalue weighted by molar-refractivity contribution is 1.11. The molecule has 0 aliphatic carbocycles. The third-order valence-corrected chi connectivity index (χ3v) is 6.41. The van der Waals surface area contributed by atoms with Crippen molar-refractivity contribution in [3.63, 3.8) is 0 Å². The summed E-state index contributed by atoms with van der Waals surface area (Å²) in [5, 5.41) is 0.840. The molecule has 0 saturated carbocycles. The van der Waals surface area contributed by atoms with E-state index in [4.69, 9.17) is 11.6 Å². The van der Waals surface area contributed by atoms with Gasteiger partial charge in [0.15, 0.2) is 0 Å². The molecule has 0 amide bonds. The lowest BCUT2D eigenvalue weighted by Crippen LogP contribution is -1.99. The first-order valence-electron chi connectivity index (χ1n) is 10.6. The molecule has 0 heterocycles. The minimum Gasteiger partial charge on any atom is -0.0955 e. The standard InChI is InChI=1S/C29H31Cl/c1-8-23-15-19(4)28(29(30)17-23)16-20(5)25-12-10-14-27(22(25)7)26-13-9-11-24(18(2)3)21(26)6/h9-15,17H,2,5,8,16H2,1,3-4,6-7H3. The highest BCUT2D eigenvalue weighted by Crippen LogP contribution is 2.35. The van der Waals surface area contributed by atoms with Crippen molar-refractivity contribution in [3.05, 3.63) is 106 Å². The fourth-order valence-electron chi connectivity index (χ4n) is 4.28. The smallest absolute Gasteiger partial charge is 0.0446 e. The minimum absolute atomic E-state index is 0.754. The van der Waals surface area contributed by atoms with Gasteiger partial charge in [-0.1, -0.05) is 79.7 Å². The van der Waals surface area contributed by atoms with Crippen molar-refractivity contribution in [1.82, 2.24) is 0 Å². The van der Waals surface area contributed by atoms with Crippen LogP contribution in [0.15, 0.2) is 61.7 Å². The normalized spacial score (nSPS) is 10.9. The lowest BCUT2D eigenvalue weighted by atomic mass is 9.87. The Hall–Kier alpha value is -2.57. The molecule has 0 radical (unpaired) electrons. The Morgan fingerprint density at radius 1 is 0.867 bits per heavy atom. The lowest BCUT2D eigenvalue weighted by Gasteiger charge is -2.18. The molecule has 3 aromatic carbocycles. The predicted molar refractivity (Wildman–Crippen MR) is 134 cm³/mol. The van der Waals surface area contributed by atoms with Crippen LogP contribution in [0.2, 0.25) is 5.02 Å². The largest absolute Gasteiger partial charge is 0.0955 e. The molecule has 0 aliphatic heterocycles. The molecule has 3 aromatic rings. The zero-order valence-electron chi connectivity index (χ0n) is 18.8. The Labute approximate surface area is 186 Å². The van der Waals surface area contributed by atoms with E-state index in [-0.39, 0.29) is 0 Å². The maximum absolute atomic E-state index is 6.63. The highest BCUT2D eigenvalue weighted by Gasteiger charge is 2.14. The molecule has 0 saturated heterocycles. The van der Waals surface area contributed by atoms with Crippen molar-refractivity contribution >= 4 is 22.7 Å². The minimum atomic E-state index is 0.754. The number of halogens is 1. The fraction of sp³-hybridized carbons (Fsp3) is 0.241. The Balaban J connectivity index is 2.01. The van der Waals surface area contributed by atoms with Gasteiger partial charge in [-0.15, -0.1) is 0 Å². The molecule has 0 spiro atoms. The van der Waals surface area contributed by atoms with Gasteiger partial charge in [0.1, 0.15) is 0 Å². The third-order valence-electron chi connectivity index (χ3n) is 6.08. The van der Waals surface area contributed by atoms with Gasteiger partial charge in [0.05, 0.1) is 0 Å². The molecule has 0 atom stereocenters. The third kappa shape index (κ3) is 4.30. The van der Waals surface area contributed by atoms with Gasteiger partial charge in [-0.25, -0.2) is 0 Å². The first-order valence-corrected chi connectivity index (χ1v) is 10.9. The van der Waals surface area contributed by atoms with E-state index < -0.39 is 0 Å². The topological polar surface area (TPSA) is 0 Å². The first kappa shape index (κ1) is 22.1. The number of allylic oxidation sites excluding steroid dienone is 2. The van der Waals surface area contributed by atoms with Crippen LogP contribution in [0.5, 0.6) is 0 Å². The van der Waals surface area contributed by atoms with Crippen LogP contribution < -0.4 is 0 Å². The highest BCUT2D eigenvalue weighted by atomic mass is 35.5. The van der Waals surface area contributed by atoms with E-state index in [1.807, 2.05) is 0 Å². The van der Waals surface area contributed by atoms with Crippen LogP contribution in [0.25, 0.3) is 22.3 Å². The van der Waals surface area contributed by atoms with E-state index in [1.54, 1.807) is 0 Å². The molecular formula is C29H31Cl. The molecular weight excluding hydrogens is 384 g/mol.